The summed E-state index contributed by atoms with van der Waals surface area (Å²) in [6.45, 7) is 3.80. The lowest BCUT2D eigenvalue weighted by atomic mass is 9.78. The molecule has 0 radical (unpaired) electrons. The third kappa shape index (κ3) is 2.18. The monoisotopic (exact) mass is 284 g/mol. The molecule has 1 aromatic carbocycles. The van der Waals surface area contributed by atoms with Crippen LogP contribution >= 0.6 is 0 Å². The van der Waals surface area contributed by atoms with Gasteiger partial charge in [0, 0.05) is 31.0 Å². The maximum absolute atomic E-state index is 12.9. The van der Waals surface area contributed by atoms with Crippen LogP contribution in [-0.4, -0.2) is 37.0 Å². The molecule has 2 atom stereocenters. The molecule has 2 aliphatic carbocycles. The number of fused-ring (bicyclic) bond motifs is 2. The average Bonchev–Trinajstić information content (AvgIpc) is 3.28. The second-order valence-corrected chi connectivity index (χ2v) is 6.85. The van der Waals surface area contributed by atoms with Crippen molar-refractivity contribution in [2.75, 3.05) is 26.2 Å². The zero-order chi connectivity index (χ0) is 14.3. The van der Waals surface area contributed by atoms with Crippen molar-refractivity contribution in [3.63, 3.8) is 0 Å². The number of carbonyl (C=O) groups is 1. The van der Waals surface area contributed by atoms with Gasteiger partial charge in [0.1, 0.15) is 0 Å². The molecule has 2 fully saturated rings. The number of hydrogen-bond donors (Lipinski definition) is 1. The highest BCUT2D eigenvalue weighted by molar-refractivity contribution is 5.85. The first-order chi connectivity index (χ1) is 10.3. The van der Waals surface area contributed by atoms with Gasteiger partial charge in [-0.05, 0) is 49.8 Å². The van der Waals surface area contributed by atoms with Gasteiger partial charge in [-0.1, -0.05) is 24.3 Å². The van der Waals surface area contributed by atoms with E-state index in [0.717, 1.165) is 39.0 Å². The van der Waals surface area contributed by atoms with Crippen LogP contribution in [0.4, 0.5) is 0 Å². The van der Waals surface area contributed by atoms with Crippen LogP contribution in [0.5, 0.6) is 0 Å². The lowest BCUT2D eigenvalue weighted by Gasteiger charge is -2.28. The Kier molecular flexibility index (Phi) is 3.26. The fraction of sp³-hybridized carbons (Fsp3) is 0.611. The van der Waals surface area contributed by atoms with Crippen LogP contribution in [0.15, 0.2) is 24.3 Å². The van der Waals surface area contributed by atoms with Crippen LogP contribution in [0, 0.1) is 5.92 Å². The lowest BCUT2D eigenvalue weighted by molar-refractivity contribution is -0.132. The molecule has 4 rings (SSSR count). The summed E-state index contributed by atoms with van der Waals surface area (Å²) in [4.78, 5) is 15.0. The Labute approximate surface area is 126 Å². The molecule has 1 aliphatic heterocycles. The smallest absolute Gasteiger partial charge is 0.226 e. The maximum atomic E-state index is 12.9. The number of nitrogens with one attached hydrogen (secondary N) is 1. The Morgan fingerprint density at radius 1 is 1.19 bits per heavy atom. The first-order valence-corrected chi connectivity index (χ1v) is 8.39. The summed E-state index contributed by atoms with van der Waals surface area (Å²) in [7, 11) is 0. The zero-order valence-electron chi connectivity index (χ0n) is 12.6. The predicted octanol–water partition coefficient (Wildman–Crippen LogP) is 2.10. The minimum Gasteiger partial charge on any atom is -0.341 e. The molecule has 1 heterocycles. The van der Waals surface area contributed by atoms with Gasteiger partial charge in [0.2, 0.25) is 5.91 Å². The van der Waals surface area contributed by atoms with Crippen LogP contribution in [0.2, 0.25) is 0 Å². The third-order valence-electron chi connectivity index (χ3n) is 5.65. The first-order valence-electron chi connectivity index (χ1n) is 8.39. The van der Waals surface area contributed by atoms with Crippen molar-refractivity contribution in [3.8, 4) is 0 Å². The van der Waals surface area contributed by atoms with Gasteiger partial charge >= 0.3 is 0 Å². The molecule has 0 bridgehead atoms. The molecule has 1 N–H and O–H groups in total. The molecule has 112 valence electrons. The molecule has 1 spiro atoms. The van der Waals surface area contributed by atoms with Gasteiger partial charge in [-0.25, -0.2) is 0 Å². The summed E-state index contributed by atoms with van der Waals surface area (Å²) < 4.78 is 0. The van der Waals surface area contributed by atoms with E-state index in [1.165, 1.54) is 30.4 Å². The van der Waals surface area contributed by atoms with Crippen molar-refractivity contribution in [1.29, 1.82) is 0 Å². The van der Waals surface area contributed by atoms with Gasteiger partial charge in [0.15, 0.2) is 0 Å². The Bertz CT molecular complexity index is 548. The molecule has 3 aliphatic rings. The normalized spacial score (nSPS) is 31.6. The highest BCUT2D eigenvalue weighted by Crippen LogP contribution is 2.60. The molecule has 2 unspecified atom stereocenters. The van der Waals surface area contributed by atoms with Crippen molar-refractivity contribution in [2.24, 2.45) is 5.92 Å². The average molecular weight is 284 g/mol. The summed E-state index contributed by atoms with van der Waals surface area (Å²) in [5.74, 6) is 0.660. The van der Waals surface area contributed by atoms with Crippen molar-refractivity contribution in [1.82, 2.24) is 10.2 Å². The van der Waals surface area contributed by atoms with Gasteiger partial charge in [-0.15, -0.1) is 0 Å². The maximum Gasteiger partial charge on any atom is 0.226 e. The van der Waals surface area contributed by atoms with Crippen molar-refractivity contribution < 1.29 is 4.79 Å². The second kappa shape index (κ2) is 5.13. The molecule has 1 amide bonds. The third-order valence-corrected chi connectivity index (χ3v) is 5.65. The van der Waals surface area contributed by atoms with Crippen LogP contribution < -0.4 is 5.32 Å². The van der Waals surface area contributed by atoms with E-state index in [0.29, 0.717) is 5.91 Å². The van der Waals surface area contributed by atoms with Gasteiger partial charge in [0.25, 0.3) is 0 Å². The lowest BCUT2D eigenvalue weighted by Crippen LogP contribution is -2.37. The Balaban J connectivity index is 1.56. The Morgan fingerprint density at radius 3 is 3.05 bits per heavy atom. The van der Waals surface area contributed by atoms with E-state index >= 15 is 0 Å². The topological polar surface area (TPSA) is 32.3 Å². The van der Waals surface area contributed by atoms with Crippen molar-refractivity contribution in [2.45, 2.75) is 37.5 Å². The summed E-state index contributed by atoms with van der Waals surface area (Å²) >= 11 is 0. The fourth-order valence-corrected chi connectivity index (χ4v) is 4.44. The van der Waals surface area contributed by atoms with Gasteiger partial charge in [0.05, 0.1) is 0 Å². The molecule has 3 heteroatoms. The largest absolute Gasteiger partial charge is 0.341 e. The molecule has 1 saturated carbocycles. The predicted molar refractivity (Wildman–Crippen MR) is 83.2 cm³/mol. The molecular formula is C18H24N2O. The number of rotatable bonds is 1. The van der Waals surface area contributed by atoms with E-state index in [4.69, 9.17) is 0 Å². The highest BCUT2D eigenvalue weighted by Gasteiger charge is 2.60. The molecule has 1 aromatic rings. The molecule has 1 saturated heterocycles. The van der Waals surface area contributed by atoms with Crippen LogP contribution in [0.3, 0.4) is 0 Å². The quantitative estimate of drug-likeness (QED) is 0.856. The number of aryl methyl sites for hydroxylation is 1. The number of nitrogens with zero attached hydrogens (tertiary/aromatic N) is 1. The Morgan fingerprint density at radius 2 is 2.10 bits per heavy atom. The van der Waals surface area contributed by atoms with E-state index in [-0.39, 0.29) is 11.3 Å². The molecular weight excluding hydrogens is 260 g/mol. The Hall–Kier alpha value is -1.35. The van der Waals surface area contributed by atoms with E-state index < -0.39 is 0 Å². The number of hydrogen-bond acceptors (Lipinski definition) is 2. The van der Waals surface area contributed by atoms with Crippen LogP contribution in [0.25, 0.3) is 0 Å². The summed E-state index contributed by atoms with van der Waals surface area (Å²) in [6.07, 6.45) is 5.79. The minimum atomic E-state index is 0.186. The van der Waals surface area contributed by atoms with Crippen molar-refractivity contribution >= 4 is 5.91 Å². The summed E-state index contributed by atoms with van der Waals surface area (Å²) in [5, 5.41) is 3.38. The highest BCUT2D eigenvalue weighted by atomic mass is 16.2. The van der Waals surface area contributed by atoms with E-state index in [9.17, 15) is 4.79 Å². The van der Waals surface area contributed by atoms with Gasteiger partial charge < -0.3 is 10.2 Å². The fourth-order valence-electron chi connectivity index (χ4n) is 4.44. The number of carbonyl (C=O) groups excluding carboxylic acids is 1. The second-order valence-electron chi connectivity index (χ2n) is 6.85. The minimum absolute atomic E-state index is 0.186. The standard InChI is InChI=1S/C18H24N2O/c21-17(20-11-4-9-19-10-12-20)16-13-18(16)8-3-6-14-5-1-2-7-15(14)18/h1-2,5,7,16,19H,3-4,6,8-13H2. The van der Waals surface area contributed by atoms with Gasteiger partial charge in [-0.2, -0.15) is 0 Å². The van der Waals surface area contributed by atoms with E-state index in [2.05, 4.69) is 34.5 Å². The van der Waals surface area contributed by atoms with Crippen LogP contribution in [-0.2, 0) is 16.6 Å². The SMILES string of the molecule is O=C(C1CC12CCCc1ccccc12)N1CCCNCC1. The summed E-state index contributed by atoms with van der Waals surface area (Å²) in [5.41, 5.74) is 3.14. The number of benzene rings is 1. The van der Waals surface area contributed by atoms with E-state index in [1.807, 2.05) is 0 Å². The molecule has 21 heavy (non-hydrogen) atoms. The van der Waals surface area contributed by atoms with Gasteiger partial charge in [-0.3, -0.25) is 4.79 Å². The van der Waals surface area contributed by atoms with E-state index in [1.54, 1.807) is 0 Å². The summed E-state index contributed by atoms with van der Waals surface area (Å²) in [6, 6.07) is 8.80. The zero-order valence-corrected chi connectivity index (χ0v) is 12.6. The first kappa shape index (κ1) is 13.3. The van der Waals surface area contributed by atoms with Crippen LogP contribution in [0.1, 0.15) is 36.8 Å². The molecule has 3 nitrogen and oxygen atoms in total. The number of amides is 1. The van der Waals surface area contributed by atoms with Crippen molar-refractivity contribution in [3.05, 3.63) is 35.4 Å². The molecule has 0 aromatic heterocycles.